The van der Waals surface area contributed by atoms with Gasteiger partial charge in [0, 0.05) is 49.4 Å². The number of hydrogen-bond donors (Lipinski definition) is 0. The summed E-state index contributed by atoms with van der Waals surface area (Å²) in [7, 11) is -3.22. The number of nitrogens with zero attached hydrogens (tertiary/aromatic N) is 3. The lowest BCUT2D eigenvalue weighted by Gasteiger charge is -2.35. The van der Waals surface area contributed by atoms with Crippen molar-refractivity contribution in [1.82, 2.24) is 13.7 Å². The predicted molar refractivity (Wildman–Crippen MR) is 299 cm³/mol. The summed E-state index contributed by atoms with van der Waals surface area (Å²) in [5.74, 6) is 0. The summed E-state index contributed by atoms with van der Waals surface area (Å²) in [6, 6.07) is 102. The molecule has 11 aromatic carbocycles. The molecule has 3 heterocycles. The second kappa shape index (κ2) is 16.1. The van der Waals surface area contributed by atoms with E-state index in [1.807, 2.05) is 0 Å². The first-order valence-corrected chi connectivity index (χ1v) is 26.2. The molecule has 0 saturated heterocycles. The lowest BCUT2D eigenvalue weighted by atomic mass is 10.1. The van der Waals surface area contributed by atoms with E-state index in [4.69, 9.17) is 0 Å². The normalized spacial score (nSPS) is 12.0. The molecule has 0 atom stereocenters. The van der Waals surface area contributed by atoms with E-state index in [9.17, 15) is 0 Å². The molecule has 14 aromatic rings. The summed E-state index contributed by atoms with van der Waals surface area (Å²) in [5.41, 5.74) is 13.0. The second-order valence-corrected chi connectivity index (χ2v) is 22.2. The zero-order valence-electron chi connectivity index (χ0n) is 38.3. The van der Waals surface area contributed by atoms with Crippen molar-refractivity contribution in [2.24, 2.45) is 0 Å². The van der Waals surface area contributed by atoms with Gasteiger partial charge in [-0.3, -0.25) is 0 Å². The first kappa shape index (κ1) is 40.1. The zero-order valence-corrected chi connectivity index (χ0v) is 39.3. The van der Waals surface area contributed by atoms with Gasteiger partial charge in [-0.05, 0) is 98.6 Å². The van der Waals surface area contributed by atoms with Crippen molar-refractivity contribution in [2.75, 3.05) is 0 Å². The van der Waals surface area contributed by atoms with Gasteiger partial charge in [0.15, 0.2) is 8.07 Å². The zero-order chi connectivity index (χ0) is 46.2. The van der Waals surface area contributed by atoms with Gasteiger partial charge in [-0.25, -0.2) is 0 Å². The van der Waals surface area contributed by atoms with Gasteiger partial charge in [-0.2, -0.15) is 0 Å². The van der Waals surface area contributed by atoms with Gasteiger partial charge >= 0.3 is 0 Å². The van der Waals surface area contributed by atoms with E-state index in [0.29, 0.717) is 0 Å². The molecule has 0 spiro atoms. The molecular weight excluding hydrogens is 863 g/mol. The topological polar surface area (TPSA) is 14.8 Å². The summed E-state index contributed by atoms with van der Waals surface area (Å²) >= 11 is 0. The smallest absolute Gasteiger partial charge is 0.181 e. The summed E-state index contributed by atoms with van der Waals surface area (Å²) in [6.45, 7) is 0. The largest absolute Gasteiger partial charge is 0.309 e. The molecule has 0 aliphatic heterocycles. The molecule has 3 aromatic heterocycles. The maximum Gasteiger partial charge on any atom is 0.181 e. The highest BCUT2D eigenvalue weighted by Crippen LogP contribution is 2.43. The van der Waals surface area contributed by atoms with Crippen LogP contribution in [0.1, 0.15) is 0 Å². The minimum atomic E-state index is -3.22. The van der Waals surface area contributed by atoms with Crippen LogP contribution in [0, 0.1) is 0 Å². The Morgan fingerprint density at radius 1 is 0.243 bits per heavy atom. The van der Waals surface area contributed by atoms with Gasteiger partial charge in [0.1, 0.15) is 0 Å². The Hall–Kier alpha value is -8.96. The van der Waals surface area contributed by atoms with Gasteiger partial charge in [-0.15, -0.1) is 0 Å². The summed E-state index contributed by atoms with van der Waals surface area (Å²) in [4.78, 5) is 0. The average Bonchev–Trinajstić information content (AvgIpc) is 4.09. The maximum atomic E-state index is 2.62. The fourth-order valence-corrected chi connectivity index (χ4v) is 16.8. The Labute approximate surface area is 407 Å². The van der Waals surface area contributed by atoms with Crippen LogP contribution in [0.15, 0.2) is 273 Å². The predicted octanol–water partition coefficient (Wildman–Crippen LogP) is 14.0. The van der Waals surface area contributed by atoms with Crippen molar-refractivity contribution < 1.29 is 0 Å². The third-order valence-corrected chi connectivity index (χ3v) is 19.5. The Kier molecular flexibility index (Phi) is 9.23. The van der Waals surface area contributed by atoms with Crippen LogP contribution in [0.3, 0.4) is 0 Å². The van der Waals surface area contributed by atoms with Crippen molar-refractivity contribution in [3.8, 4) is 28.2 Å². The van der Waals surface area contributed by atoms with Crippen molar-refractivity contribution >= 4 is 94.2 Å². The van der Waals surface area contributed by atoms with Crippen LogP contribution in [0.5, 0.6) is 0 Å². The third-order valence-electron chi connectivity index (χ3n) is 14.8. The molecule has 0 amide bonds. The molecule has 0 saturated carbocycles. The van der Waals surface area contributed by atoms with E-state index in [0.717, 1.165) is 17.1 Å². The number of para-hydroxylation sites is 5. The molecule has 3 nitrogen and oxygen atoms in total. The molecular formula is C66H45N3Si. The fourth-order valence-electron chi connectivity index (χ4n) is 11.8. The fraction of sp³-hybridized carbons (Fsp3) is 0. The first-order valence-electron chi connectivity index (χ1n) is 24.2. The molecule has 4 heteroatoms. The second-order valence-electron chi connectivity index (χ2n) is 18.4. The lowest BCUT2D eigenvalue weighted by molar-refractivity contribution is 1.17. The molecule has 328 valence electrons. The molecule has 0 bridgehead atoms. The van der Waals surface area contributed by atoms with E-state index < -0.39 is 8.07 Å². The standard InChI is InChI=1S/C66H45N3Si/c1-6-22-46(23-7-1)47-38-41-53(42-39-47)70(51-28-12-4-13-29-51,52-30-14-5-15-31-52)63-45-58-55-33-17-20-36-60(55)69(65(58)64-56-34-18-21-37-61(56)68(66(63)64)49-26-10-3-11-27-49)50-40-43-62-57(44-50)54-32-16-19-35-59(54)67(62)48-24-8-2-9-25-48/h1-45H. The lowest BCUT2D eigenvalue weighted by Crippen LogP contribution is -2.75. The van der Waals surface area contributed by atoms with E-state index in [1.54, 1.807) is 0 Å². The number of fused-ring (bicyclic) bond motifs is 10. The van der Waals surface area contributed by atoms with Crippen molar-refractivity contribution in [1.29, 1.82) is 0 Å². The monoisotopic (exact) mass is 907 g/mol. The molecule has 70 heavy (non-hydrogen) atoms. The van der Waals surface area contributed by atoms with Gasteiger partial charge in [0.25, 0.3) is 0 Å². The highest BCUT2D eigenvalue weighted by atomic mass is 28.3. The Morgan fingerprint density at radius 2 is 0.657 bits per heavy atom. The van der Waals surface area contributed by atoms with Crippen LogP contribution in [-0.2, 0) is 0 Å². The van der Waals surface area contributed by atoms with Gasteiger partial charge in [0.05, 0.1) is 33.1 Å². The van der Waals surface area contributed by atoms with Crippen LogP contribution in [-0.4, -0.2) is 21.8 Å². The van der Waals surface area contributed by atoms with Crippen LogP contribution >= 0.6 is 0 Å². The number of hydrogen-bond acceptors (Lipinski definition) is 0. The molecule has 0 aliphatic rings. The average molecular weight is 908 g/mol. The van der Waals surface area contributed by atoms with E-state index in [2.05, 4.69) is 287 Å². The van der Waals surface area contributed by atoms with E-state index >= 15 is 0 Å². The van der Waals surface area contributed by atoms with E-state index in [-0.39, 0.29) is 0 Å². The van der Waals surface area contributed by atoms with Crippen molar-refractivity contribution in [2.45, 2.75) is 0 Å². The molecule has 0 radical (unpaired) electrons. The molecule has 0 aliphatic carbocycles. The third kappa shape index (κ3) is 5.94. The Balaban J connectivity index is 1.18. The number of aromatic nitrogens is 3. The number of benzene rings is 11. The molecule has 0 unspecified atom stereocenters. The van der Waals surface area contributed by atoms with Crippen LogP contribution in [0.4, 0.5) is 0 Å². The highest BCUT2D eigenvalue weighted by molar-refractivity contribution is 7.20. The summed E-state index contributed by atoms with van der Waals surface area (Å²) in [5, 5.41) is 12.8. The maximum absolute atomic E-state index is 3.22. The van der Waals surface area contributed by atoms with E-state index in [1.165, 1.54) is 97.3 Å². The van der Waals surface area contributed by atoms with Crippen molar-refractivity contribution in [3.05, 3.63) is 273 Å². The van der Waals surface area contributed by atoms with Gasteiger partial charge < -0.3 is 13.7 Å². The quantitative estimate of drug-likeness (QED) is 0.107. The minimum Gasteiger partial charge on any atom is -0.309 e. The summed E-state index contributed by atoms with van der Waals surface area (Å²) in [6.07, 6.45) is 0. The Bertz CT molecular complexity index is 4210. The highest BCUT2D eigenvalue weighted by Gasteiger charge is 2.44. The molecule has 14 rings (SSSR count). The SMILES string of the molecule is c1ccc(-c2ccc([Si](c3ccccc3)(c3ccccc3)c3cc4c5ccccc5n(-c5ccc6c(c5)c5ccccc5n6-c5ccccc5)c4c4c5ccccc5n(-c5ccccc5)c34)cc2)cc1. The van der Waals surface area contributed by atoms with Crippen molar-refractivity contribution in [3.63, 3.8) is 0 Å². The van der Waals surface area contributed by atoms with Gasteiger partial charge in [-0.1, -0.05) is 206 Å². The summed E-state index contributed by atoms with van der Waals surface area (Å²) < 4.78 is 7.54. The first-order chi connectivity index (χ1) is 34.8. The van der Waals surface area contributed by atoms with Crippen LogP contribution in [0.2, 0.25) is 0 Å². The van der Waals surface area contributed by atoms with Crippen LogP contribution in [0.25, 0.3) is 93.6 Å². The minimum absolute atomic E-state index is 1.13. The Morgan fingerprint density at radius 3 is 1.26 bits per heavy atom. The van der Waals surface area contributed by atoms with Crippen LogP contribution < -0.4 is 20.7 Å². The van der Waals surface area contributed by atoms with Gasteiger partial charge in [0.2, 0.25) is 0 Å². The molecule has 0 N–H and O–H groups in total. The number of rotatable bonds is 8. The molecule has 0 fully saturated rings.